The Kier molecular flexibility index (Phi) is 5.62. The topological polar surface area (TPSA) is 50.3 Å². The lowest BCUT2D eigenvalue weighted by atomic mass is 9.94. The molecule has 0 saturated carbocycles. The molecular formula is C17H28N4O. The van der Waals surface area contributed by atoms with Gasteiger partial charge in [0.25, 0.3) is 0 Å². The number of piperidine rings is 2. The summed E-state index contributed by atoms with van der Waals surface area (Å²) in [6.07, 6.45) is 6.02. The Labute approximate surface area is 133 Å². The van der Waals surface area contributed by atoms with E-state index in [0.29, 0.717) is 5.92 Å². The van der Waals surface area contributed by atoms with Crippen molar-refractivity contribution in [2.24, 2.45) is 11.8 Å². The summed E-state index contributed by atoms with van der Waals surface area (Å²) in [5.74, 6) is 2.45. The third-order valence-electron chi connectivity index (χ3n) is 4.94. The molecule has 3 rings (SSSR count). The Morgan fingerprint density at radius 1 is 1.18 bits per heavy atom. The maximum atomic E-state index is 5.26. The van der Waals surface area contributed by atoms with Gasteiger partial charge in [0, 0.05) is 26.8 Å². The largest absolute Gasteiger partial charge is 0.384 e. The molecule has 122 valence electrons. The molecule has 0 radical (unpaired) electrons. The predicted molar refractivity (Wildman–Crippen MR) is 88.1 cm³/mol. The van der Waals surface area contributed by atoms with E-state index in [1.165, 1.54) is 32.2 Å². The summed E-state index contributed by atoms with van der Waals surface area (Å²) in [5, 5.41) is 12.4. The Balaban J connectivity index is 1.51. The fourth-order valence-corrected chi connectivity index (χ4v) is 3.59. The van der Waals surface area contributed by atoms with Crippen molar-refractivity contribution in [1.82, 2.24) is 15.5 Å². The summed E-state index contributed by atoms with van der Waals surface area (Å²) in [6.45, 7) is 5.30. The van der Waals surface area contributed by atoms with E-state index in [9.17, 15) is 0 Å². The number of anilines is 1. The predicted octanol–water partition coefficient (Wildman–Crippen LogP) is 1.88. The molecule has 0 aromatic carbocycles. The molecule has 2 aliphatic heterocycles. The number of rotatable bonds is 5. The summed E-state index contributed by atoms with van der Waals surface area (Å²) in [4.78, 5) is 2.35. The van der Waals surface area contributed by atoms with Gasteiger partial charge in [0.2, 0.25) is 0 Å². The molecule has 5 nitrogen and oxygen atoms in total. The van der Waals surface area contributed by atoms with Gasteiger partial charge in [0.05, 0.1) is 5.69 Å². The number of ether oxygens (including phenoxy) is 1. The average molecular weight is 304 g/mol. The van der Waals surface area contributed by atoms with E-state index in [0.717, 1.165) is 50.1 Å². The van der Waals surface area contributed by atoms with Gasteiger partial charge in [-0.25, -0.2) is 0 Å². The monoisotopic (exact) mass is 304 g/mol. The summed E-state index contributed by atoms with van der Waals surface area (Å²) in [6, 6.07) is 4.31. The van der Waals surface area contributed by atoms with E-state index in [-0.39, 0.29) is 0 Å². The van der Waals surface area contributed by atoms with Crippen LogP contribution in [0.15, 0.2) is 12.1 Å². The second kappa shape index (κ2) is 7.88. The van der Waals surface area contributed by atoms with Gasteiger partial charge in [-0.2, -0.15) is 5.10 Å². The third-order valence-corrected chi connectivity index (χ3v) is 4.94. The highest BCUT2D eigenvalue weighted by Crippen LogP contribution is 2.22. The van der Waals surface area contributed by atoms with Gasteiger partial charge in [0.1, 0.15) is 0 Å². The quantitative estimate of drug-likeness (QED) is 0.900. The molecule has 0 spiro atoms. The van der Waals surface area contributed by atoms with Gasteiger partial charge in [-0.1, -0.05) is 0 Å². The van der Waals surface area contributed by atoms with Crippen molar-refractivity contribution >= 4 is 5.82 Å². The molecular weight excluding hydrogens is 276 g/mol. The molecule has 0 bridgehead atoms. The Morgan fingerprint density at radius 2 is 2.05 bits per heavy atom. The molecule has 0 aliphatic carbocycles. The highest BCUT2D eigenvalue weighted by atomic mass is 16.5. The van der Waals surface area contributed by atoms with Gasteiger partial charge < -0.3 is 15.0 Å². The number of hydrogen-bond donors (Lipinski definition) is 1. The molecule has 1 atom stereocenters. The van der Waals surface area contributed by atoms with Crippen molar-refractivity contribution in [3.05, 3.63) is 17.8 Å². The van der Waals surface area contributed by atoms with E-state index in [2.05, 4.69) is 32.5 Å². The van der Waals surface area contributed by atoms with Gasteiger partial charge >= 0.3 is 0 Å². The standard InChI is InChI=1S/C17H28N4O/c1-22-13-14-6-9-21(10-7-14)17-5-4-16(19-20-17)11-15-3-2-8-18-12-15/h4-5,14-15,18H,2-3,6-13H2,1H3. The first-order chi connectivity index (χ1) is 10.8. The average Bonchev–Trinajstić information content (AvgIpc) is 2.58. The summed E-state index contributed by atoms with van der Waals surface area (Å²) < 4.78 is 5.26. The number of methoxy groups -OCH3 is 1. The van der Waals surface area contributed by atoms with E-state index in [4.69, 9.17) is 4.74 Å². The fraction of sp³-hybridized carbons (Fsp3) is 0.765. The molecule has 22 heavy (non-hydrogen) atoms. The Morgan fingerprint density at radius 3 is 2.68 bits per heavy atom. The van der Waals surface area contributed by atoms with Crippen LogP contribution in [0, 0.1) is 11.8 Å². The molecule has 0 amide bonds. The van der Waals surface area contributed by atoms with Gasteiger partial charge in [-0.15, -0.1) is 5.10 Å². The van der Waals surface area contributed by atoms with Crippen LogP contribution in [0.25, 0.3) is 0 Å². The molecule has 1 N–H and O–H groups in total. The van der Waals surface area contributed by atoms with E-state index in [1.807, 2.05) is 0 Å². The molecule has 2 aliphatic rings. The molecule has 1 aromatic rings. The van der Waals surface area contributed by atoms with Crippen molar-refractivity contribution in [3.63, 3.8) is 0 Å². The summed E-state index contributed by atoms with van der Waals surface area (Å²) >= 11 is 0. The Hall–Kier alpha value is -1.20. The van der Waals surface area contributed by atoms with Gasteiger partial charge in [-0.3, -0.25) is 0 Å². The van der Waals surface area contributed by atoms with Crippen LogP contribution in [0.5, 0.6) is 0 Å². The van der Waals surface area contributed by atoms with Crippen molar-refractivity contribution < 1.29 is 4.74 Å². The maximum Gasteiger partial charge on any atom is 0.151 e. The first kappa shape index (κ1) is 15.7. The molecule has 3 heterocycles. The number of aromatic nitrogens is 2. The first-order valence-corrected chi connectivity index (χ1v) is 8.62. The molecule has 2 fully saturated rings. The molecule has 1 aromatic heterocycles. The zero-order valence-corrected chi connectivity index (χ0v) is 13.6. The SMILES string of the molecule is COCC1CCN(c2ccc(CC3CCCNC3)nn2)CC1. The van der Waals surface area contributed by atoms with E-state index in [1.54, 1.807) is 7.11 Å². The number of hydrogen-bond acceptors (Lipinski definition) is 5. The van der Waals surface area contributed by atoms with Crippen LogP contribution in [0.4, 0.5) is 5.82 Å². The highest BCUT2D eigenvalue weighted by Gasteiger charge is 2.20. The van der Waals surface area contributed by atoms with Crippen LogP contribution in [-0.2, 0) is 11.2 Å². The Bertz CT molecular complexity index is 436. The fourth-order valence-electron chi connectivity index (χ4n) is 3.59. The second-order valence-electron chi connectivity index (χ2n) is 6.69. The van der Waals surface area contributed by atoms with E-state index >= 15 is 0 Å². The second-order valence-corrected chi connectivity index (χ2v) is 6.69. The minimum Gasteiger partial charge on any atom is -0.384 e. The maximum absolute atomic E-state index is 5.26. The van der Waals surface area contributed by atoms with Crippen LogP contribution < -0.4 is 10.2 Å². The minimum absolute atomic E-state index is 0.701. The zero-order chi connectivity index (χ0) is 15.2. The van der Waals surface area contributed by atoms with Crippen LogP contribution in [0.3, 0.4) is 0 Å². The van der Waals surface area contributed by atoms with Crippen molar-refractivity contribution in [1.29, 1.82) is 0 Å². The summed E-state index contributed by atoms with van der Waals surface area (Å²) in [5.41, 5.74) is 1.13. The highest BCUT2D eigenvalue weighted by molar-refractivity contribution is 5.37. The first-order valence-electron chi connectivity index (χ1n) is 8.62. The number of nitrogens with one attached hydrogen (secondary N) is 1. The smallest absolute Gasteiger partial charge is 0.151 e. The van der Waals surface area contributed by atoms with Crippen LogP contribution in [0.2, 0.25) is 0 Å². The molecule has 5 heteroatoms. The lowest BCUT2D eigenvalue weighted by Gasteiger charge is -2.32. The van der Waals surface area contributed by atoms with Crippen molar-refractivity contribution in [3.8, 4) is 0 Å². The normalized spacial score (nSPS) is 23.7. The van der Waals surface area contributed by atoms with Crippen LogP contribution in [0.1, 0.15) is 31.4 Å². The van der Waals surface area contributed by atoms with E-state index < -0.39 is 0 Å². The molecule has 1 unspecified atom stereocenters. The van der Waals surface area contributed by atoms with Crippen molar-refractivity contribution in [2.45, 2.75) is 32.1 Å². The van der Waals surface area contributed by atoms with Crippen LogP contribution in [-0.4, -0.2) is 50.1 Å². The van der Waals surface area contributed by atoms with Crippen molar-refractivity contribution in [2.75, 3.05) is 44.8 Å². The molecule has 2 saturated heterocycles. The summed E-state index contributed by atoms with van der Waals surface area (Å²) in [7, 11) is 1.79. The van der Waals surface area contributed by atoms with Gasteiger partial charge in [-0.05, 0) is 69.2 Å². The zero-order valence-electron chi connectivity index (χ0n) is 13.6. The number of nitrogens with zero attached hydrogens (tertiary/aromatic N) is 3. The lowest BCUT2D eigenvalue weighted by molar-refractivity contribution is 0.139. The lowest BCUT2D eigenvalue weighted by Crippen LogP contribution is -2.35. The third kappa shape index (κ3) is 4.17. The minimum atomic E-state index is 0.701. The van der Waals surface area contributed by atoms with Gasteiger partial charge in [0.15, 0.2) is 5.82 Å². The van der Waals surface area contributed by atoms with Crippen LogP contribution >= 0.6 is 0 Å².